The maximum atomic E-state index is 10.9. The van der Waals surface area contributed by atoms with Gasteiger partial charge >= 0.3 is 0 Å². The zero-order valence-corrected chi connectivity index (χ0v) is 9.28. The largest absolute Gasteiger partial charge is 0.312 e. The lowest BCUT2D eigenvalue weighted by atomic mass is 9.95. The molecule has 1 atom stereocenters. The van der Waals surface area contributed by atoms with Gasteiger partial charge in [-0.2, -0.15) is 0 Å². The van der Waals surface area contributed by atoms with Crippen molar-refractivity contribution in [2.75, 3.05) is 18.6 Å². The van der Waals surface area contributed by atoms with Crippen molar-refractivity contribution in [3.8, 4) is 0 Å². The quantitative estimate of drug-likeness (QED) is 0.743. The standard InChI is InChI=1S/C9H19NO2S/c1-9(5-3-7-10-9)6-4-8-13(2,11)12/h10H,3-8H2,1-2H3. The number of rotatable bonds is 4. The van der Waals surface area contributed by atoms with Gasteiger partial charge in [0.1, 0.15) is 9.84 Å². The Morgan fingerprint density at radius 1 is 1.46 bits per heavy atom. The molecular weight excluding hydrogens is 186 g/mol. The van der Waals surface area contributed by atoms with E-state index < -0.39 is 9.84 Å². The average molecular weight is 205 g/mol. The summed E-state index contributed by atoms with van der Waals surface area (Å²) in [6.45, 7) is 3.26. The summed E-state index contributed by atoms with van der Waals surface area (Å²) < 4.78 is 21.8. The Bertz CT molecular complexity index is 253. The molecule has 0 aromatic rings. The lowest BCUT2D eigenvalue weighted by molar-refractivity contribution is 0.380. The van der Waals surface area contributed by atoms with Crippen LogP contribution in [-0.2, 0) is 9.84 Å². The Morgan fingerprint density at radius 2 is 2.15 bits per heavy atom. The molecule has 1 rings (SSSR count). The summed E-state index contributed by atoms with van der Waals surface area (Å²) in [7, 11) is -2.77. The molecule has 1 N–H and O–H groups in total. The molecule has 0 aromatic heterocycles. The van der Waals surface area contributed by atoms with E-state index in [0.717, 1.165) is 19.4 Å². The summed E-state index contributed by atoms with van der Waals surface area (Å²) in [5.41, 5.74) is 0.199. The summed E-state index contributed by atoms with van der Waals surface area (Å²) in [5.74, 6) is 0.324. The Hall–Kier alpha value is -0.0900. The highest BCUT2D eigenvalue weighted by Gasteiger charge is 2.27. The van der Waals surface area contributed by atoms with Crippen LogP contribution in [0.3, 0.4) is 0 Å². The van der Waals surface area contributed by atoms with Crippen molar-refractivity contribution in [3.63, 3.8) is 0 Å². The van der Waals surface area contributed by atoms with Crippen LogP contribution in [0.2, 0.25) is 0 Å². The van der Waals surface area contributed by atoms with Crippen LogP contribution in [0.1, 0.15) is 32.6 Å². The van der Waals surface area contributed by atoms with Gasteiger partial charge in [-0.25, -0.2) is 8.42 Å². The van der Waals surface area contributed by atoms with Crippen molar-refractivity contribution in [1.82, 2.24) is 5.32 Å². The van der Waals surface area contributed by atoms with Crippen LogP contribution in [0.4, 0.5) is 0 Å². The summed E-state index contributed by atoms with van der Waals surface area (Å²) in [6.07, 6.45) is 5.45. The van der Waals surface area contributed by atoms with Crippen molar-refractivity contribution in [2.45, 2.75) is 38.1 Å². The van der Waals surface area contributed by atoms with Crippen LogP contribution >= 0.6 is 0 Å². The van der Waals surface area contributed by atoms with Gasteiger partial charge in [-0.1, -0.05) is 0 Å². The molecule has 1 saturated heterocycles. The highest BCUT2D eigenvalue weighted by atomic mass is 32.2. The molecule has 0 aliphatic carbocycles. The molecule has 1 unspecified atom stereocenters. The first-order chi connectivity index (χ1) is 5.91. The molecule has 0 bridgehead atoms. The fraction of sp³-hybridized carbons (Fsp3) is 1.00. The van der Waals surface area contributed by atoms with Gasteiger partial charge in [-0.3, -0.25) is 0 Å². The van der Waals surface area contributed by atoms with E-state index in [1.165, 1.54) is 19.1 Å². The lowest BCUT2D eigenvalue weighted by Gasteiger charge is -2.23. The molecule has 0 radical (unpaired) electrons. The fourth-order valence-electron chi connectivity index (χ4n) is 1.90. The van der Waals surface area contributed by atoms with E-state index in [1.54, 1.807) is 0 Å². The Kier molecular flexibility index (Phi) is 3.35. The van der Waals surface area contributed by atoms with Gasteiger partial charge < -0.3 is 5.32 Å². The van der Waals surface area contributed by atoms with Crippen molar-refractivity contribution in [1.29, 1.82) is 0 Å². The molecule has 1 fully saturated rings. The first-order valence-corrected chi connectivity index (χ1v) is 6.90. The Balaban J connectivity index is 2.26. The van der Waals surface area contributed by atoms with E-state index >= 15 is 0 Å². The van der Waals surface area contributed by atoms with Gasteiger partial charge in [0.05, 0.1) is 0 Å². The maximum Gasteiger partial charge on any atom is 0.147 e. The van der Waals surface area contributed by atoms with E-state index in [9.17, 15) is 8.42 Å². The van der Waals surface area contributed by atoms with Crippen LogP contribution in [0.15, 0.2) is 0 Å². The highest BCUT2D eigenvalue weighted by Crippen LogP contribution is 2.23. The van der Waals surface area contributed by atoms with Crippen LogP contribution in [0, 0.1) is 0 Å². The molecule has 1 aliphatic heterocycles. The molecule has 0 saturated carbocycles. The molecular formula is C9H19NO2S. The maximum absolute atomic E-state index is 10.9. The van der Waals surface area contributed by atoms with Crippen LogP contribution in [0.25, 0.3) is 0 Å². The SMILES string of the molecule is CC1(CCCS(C)(=O)=O)CCCN1. The molecule has 78 valence electrons. The van der Waals surface area contributed by atoms with Crippen LogP contribution in [-0.4, -0.2) is 32.5 Å². The molecule has 0 aromatic carbocycles. The predicted octanol–water partition coefficient (Wildman–Crippen LogP) is 0.953. The summed E-state index contributed by atoms with van der Waals surface area (Å²) in [4.78, 5) is 0. The number of sulfone groups is 1. The van der Waals surface area contributed by atoms with E-state index in [4.69, 9.17) is 0 Å². The summed E-state index contributed by atoms with van der Waals surface area (Å²) >= 11 is 0. The second-order valence-corrected chi connectivity index (χ2v) is 6.58. The Labute approximate surface area is 80.8 Å². The molecule has 3 nitrogen and oxygen atoms in total. The zero-order chi connectivity index (χ0) is 9.95. The fourth-order valence-corrected chi connectivity index (χ4v) is 2.56. The highest BCUT2D eigenvalue weighted by molar-refractivity contribution is 7.90. The minimum Gasteiger partial charge on any atom is -0.312 e. The summed E-state index contributed by atoms with van der Waals surface area (Å²) in [5, 5.41) is 3.42. The topological polar surface area (TPSA) is 46.2 Å². The third kappa shape index (κ3) is 4.09. The molecule has 1 heterocycles. The van der Waals surface area contributed by atoms with Gasteiger partial charge in [0.2, 0.25) is 0 Å². The number of hydrogen-bond acceptors (Lipinski definition) is 3. The average Bonchev–Trinajstić information content (AvgIpc) is 2.33. The Morgan fingerprint density at radius 3 is 2.62 bits per heavy atom. The molecule has 0 spiro atoms. The van der Waals surface area contributed by atoms with E-state index in [1.807, 2.05) is 0 Å². The second kappa shape index (κ2) is 3.96. The molecule has 1 aliphatic rings. The first kappa shape index (κ1) is 11.0. The third-order valence-electron chi connectivity index (χ3n) is 2.70. The number of hydrogen-bond donors (Lipinski definition) is 1. The minimum absolute atomic E-state index is 0.199. The minimum atomic E-state index is -2.77. The van der Waals surface area contributed by atoms with E-state index in [-0.39, 0.29) is 5.54 Å². The smallest absolute Gasteiger partial charge is 0.147 e. The molecule has 4 heteroatoms. The van der Waals surface area contributed by atoms with Gasteiger partial charge in [0.15, 0.2) is 0 Å². The summed E-state index contributed by atoms with van der Waals surface area (Å²) in [6, 6.07) is 0. The van der Waals surface area contributed by atoms with Crippen LogP contribution in [0.5, 0.6) is 0 Å². The zero-order valence-electron chi connectivity index (χ0n) is 8.47. The van der Waals surface area contributed by atoms with Crippen molar-refractivity contribution in [2.24, 2.45) is 0 Å². The van der Waals surface area contributed by atoms with E-state index in [0.29, 0.717) is 5.75 Å². The lowest BCUT2D eigenvalue weighted by Crippen LogP contribution is -2.36. The van der Waals surface area contributed by atoms with Gasteiger partial charge in [-0.05, 0) is 39.2 Å². The monoisotopic (exact) mass is 205 g/mol. The molecule has 13 heavy (non-hydrogen) atoms. The normalized spacial score (nSPS) is 29.4. The van der Waals surface area contributed by atoms with Crippen molar-refractivity contribution >= 4 is 9.84 Å². The number of nitrogens with one attached hydrogen (secondary N) is 1. The predicted molar refractivity (Wildman–Crippen MR) is 54.6 cm³/mol. The first-order valence-electron chi connectivity index (χ1n) is 4.84. The van der Waals surface area contributed by atoms with Crippen molar-refractivity contribution in [3.05, 3.63) is 0 Å². The van der Waals surface area contributed by atoms with Gasteiger partial charge in [-0.15, -0.1) is 0 Å². The van der Waals surface area contributed by atoms with Crippen LogP contribution < -0.4 is 5.32 Å². The molecule has 0 amide bonds. The van der Waals surface area contributed by atoms with Gasteiger partial charge in [0.25, 0.3) is 0 Å². The second-order valence-electron chi connectivity index (χ2n) is 4.32. The third-order valence-corrected chi connectivity index (χ3v) is 3.73. The van der Waals surface area contributed by atoms with Gasteiger partial charge in [0, 0.05) is 17.5 Å². The van der Waals surface area contributed by atoms with Crippen molar-refractivity contribution < 1.29 is 8.42 Å². The van der Waals surface area contributed by atoms with E-state index in [2.05, 4.69) is 12.2 Å².